The van der Waals surface area contributed by atoms with Gasteiger partial charge in [-0.2, -0.15) is 0 Å². The molecule has 1 aromatic carbocycles. The van der Waals surface area contributed by atoms with E-state index in [1.165, 1.54) is 30.7 Å². The highest BCUT2D eigenvalue weighted by molar-refractivity contribution is 14.1. The molecule has 0 radical (unpaired) electrons. The fraction of sp³-hybridized carbons (Fsp3) is 0.0833. The number of carbonyl (C=O) groups excluding carboxylic acids is 1. The number of halogens is 1. The molecule has 7 nitrogen and oxygen atoms in total. The average Bonchev–Trinajstić information content (AvgIpc) is 2.89. The molecule has 8 heteroatoms. The van der Waals surface area contributed by atoms with Crippen molar-refractivity contribution in [3.8, 4) is 0 Å². The van der Waals surface area contributed by atoms with Gasteiger partial charge < -0.3 is 15.1 Å². The number of nitro benzene ring substituents is 1. The summed E-state index contributed by atoms with van der Waals surface area (Å²) in [7, 11) is 0. The Kier molecular flexibility index (Phi) is 4.56. The topological polar surface area (TPSA) is 97.4 Å². The van der Waals surface area contributed by atoms with E-state index in [0.29, 0.717) is 15.8 Å². The number of hydrogen-bond acceptors (Lipinski definition) is 4. The number of rotatable bonds is 4. The van der Waals surface area contributed by atoms with Gasteiger partial charge in [-0.25, -0.2) is 4.79 Å². The molecule has 0 aliphatic carbocycles. The summed E-state index contributed by atoms with van der Waals surface area (Å²) < 4.78 is 5.34. The first kappa shape index (κ1) is 14.3. The van der Waals surface area contributed by atoms with Gasteiger partial charge in [-0.05, 0) is 40.8 Å². The highest BCUT2D eigenvalue weighted by atomic mass is 127. The predicted molar refractivity (Wildman–Crippen MR) is 80.4 cm³/mol. The Hall–Kier alpha value is -2.10. The molecule has 0 spiro atoms. The van der Waals surface area contributed by atoms with Crippen LogP contribution >= 0.6 is 22.6 Å². The molecule has 2 aromatic rings. The number of nitrogens with zero attached hydrogens (tertiary/aromatic N) is 1. The standard InChI is InChI=1S/C12H10IN3O4/c13-10-5-9(1-2-11(10)16(18)19)15-12(17)14-6-8-3-4-20-7-8/h1-5,7H,6H2,(H2,14,15,17). The molecular formula is C12H10IN3O4. The molecule has 0 unspecified atom stereocenters. The number of nitrogens with one attached hydrogen (secondary N) is 2. The van der Waals surface area contributed by atoms with E-state index in [0.717, 1.165) is 5.56 Å². The van der Waals surface area contributed by atoms with Crippen molar-refractivity contribution in [1.82, 2.24) is 5.32 Å². The van der Waals surface area contributed by atoms with Crippen molar-refractivity contribution in [1.29, 1.82) is 0 Å². The predicted octanol–water partition coefficient (Wildman–Crippen LogP) is 3.11. The van der Waals surface area contributed by atoms with Crippen LogP contribution in [0.4, 0.5) is 16.2 Å². The molecular weight excluding hydrogens is 377 g/mol. The number of urea groups is 1. The number of benzene rings is 1. The summed E-state index contributed by atoms with van der Waals surface area (Å²) >= 11 is 1.85. The Labute approximate surface area is 127 Å². The van der Waals surface area contributed by atoms with Crippen LogP contribution in [0.3, 0.4) is 0 Å². The molecule has 0 bridgehead atoms. The van der Waals surface area contributed by atoms with E-state index in [4.69, 9.17) is 4.42 Å². The van der Waals surface area contributed by atoms with E-state index in [2.05, 4.69) is 10.6 Å². The summed E-state index contributed by atoms with van der Waals surface area (Å²) in [5, 5.41) is 15.9. The van der Waals surface area contributed by atoms with Crippen LogP contribution in [0.5, 0.6) is 0 Å². The molecule has 0 aliphatic rings. The SMILES string of the molecule is O=C(NCc1ccoc1)Nc1ccc([N+](=O)[O-])c(I)c1. The number of furan rings is 1. The molecule has 0 atom stereocenters. The normalized spacial score (nSPS) is 10.1. The molecule has 0 saturated heterocycles. The minimum atomic E-state index is -0.468. The first-order valence-electron chi connectivity index (χ1n) is 5.56. The molecule has 1 aromatic heterocycles. The molecule has 0 fully saturated rings. The van der Waals surface area contributed by atoms with Crippen LogP contribution in [0.1, 0.15) is 5.56 Å². The van der Waals surface area contributed by atoms with E-state index in [1.807, 2.05) is 22.6 Å². The lowest BCUT2D eigenvalue weighted by molar-refractivity contribution is -0.385. The zero-order valence-corrected chi connectivity index (χ0v) is 12.3. The van der Waals surface area contributed by atoms with E-state index in [-0.39, 0.29) is 5.69 Å². The lowest BCUT2D eigenvalue weighted by Crippen LogP contribution is -2.28. The summed E-state index contributed by atoms with van der Waals surface area (Å²) in [5.41, 5.74) is 1.35. The average molecular weight is 387 g/mol. The minimum absolute atomic E-state index is 0.00922. The van der Waals surface area contributed by atoms with Crippen molar-refractivity contribution in [2.24, 2.45) is 0 Å². The van der Waals surface area contributed by atoms with Crippen molar-refractivity contribution in [3.05, 3.63) is 56.0 Å². The maximum Gasteiger partial charge on any atom is 0.319 e. The third-order valence-electron chi connectivity index (χ3n) is 2.44. The van der Waals surface area contributed by atoms with Crippen LogP contribution in [0, 0.1) is 13.7 Å². The van der Waals surface area contributed by atoms with Gasteiger partial charge in [0.2, 0.25) is 0 Å². The van der Waals surface area contributed by atoms with Crippen LogP contribution < -0.4 is 10.6 Å². The van der Waals surface area contributed by atoms with Crippen molar-refractivity contribution in [2.75, 3.05) is 5.32 Å². The summed E-state index contributed by atoms with van der Waals surface area (Å²) in [4.78, 5) is 21.9. The quantitative estimate of drug-likeness (QED) is 0.479. The first-order valence-corrected chi connectivity index (χ1v) is 6.64. The molecule has 104 valence electrons. The third kappa shape index (κ3) is 3.70. The van der Waals surface area contributed by atoms with Crippen LogP contribution in [0.25, 0.3) is 0 Å². The van der Waals surface area contributed by atoms with E-state index < -0.39 is 11.0 Å². The van der Waals surface area contributed by atoms with Gasteiger partial charge in [0.25, 0.3) is 5.69 Å². The smallest absolute Gasteiger partial charge is 0.319 e. The Morgan fingerprint density at radius 1 is 1.40 bits per heavy atom. The van der Waals surface area contributed by atoms with Gasteiger partial charge in [0.15, 0.2) is 0 Å². The van der Waals surface area contributed by atoms with Crippen LogP contribution in [0.15, 0.2) is 41.2 Å². The van der Waals surface area contributed by atoms with Gasteiger partial charge in [0, 0.05) is 23.9 Å². The van der Waals surface area contributed by atoms with Crippen molar-refractivity contribution < 1.29 is 14.1 Å². The van der Waals surface area contributed by atoms with Crippen LogP contribution in [-0.4, -0.2) is 11.0 Å². The van der Waals surface area contributed by atoms with E-state index in [9.17, 15) is 14.9 Å². The van der Waals surface area contributed by atoms with Crippen molar-refractivity contribution in [3.63, 3.8) is 0 Å². The first-order chi connectivity index (χ1) is 9.56. The van der Waals surface area contributed by atoms with Gasteiger partial charge in [0.1, 0.15) is 0 Å². The van der Waals surface area contributed by atoms with Gasteiger partial charge in [-0.3, -0.25) is 10.1 Å². The van der Waals surface area contributed by atoms with Crippen LogP contribution in [-0.2, 0) is 6.54 Å². The molecule has 0 aliphatic heterocycles. The third-order valence-corrected chi connectivity index (χ3v) is 3.30. The summed E-state index contributed by atoms with van der Waals surface area (Å²) in [6, 6.07) is 5.73. The van der Waals surface area contributed by atoms with E-state index >= 15 is 0 Å². The van der Waals surface area contributed by atoms with Crippen LogP contribution in [0.2, 0.25) is 0 Å². The second kappa shape index (κ2) is 6.37. The Balaban J connectivity index is 1.94. The number of anilines is 1. The molecule has 2 N–H and O–H groups in total. The van der Waals surface area contributed by atoms with Gasteiger partial charge in [0.05, 0.1) is 21.0 Å². The lowest BCUT2D eigenvalue weighted by atomic mass is 10.3. The maximum absolute atomic E-state index is 11.6. The number of nitro groups is 1. The number of hydrogen-bond donors (Lipinski definition) is 2. The van der Waals surface area contributed by atoms with Gasteiger partial charge in [-0.1, -0.05) is 0 Å². The zero-order chi connectivity index (χ0) is 14.5. The summed E-state index contributed by atoms with van der Waals surface area (Å²) in [6.45, 7) is 0.340. The summed E-state index contributed by atoms with van der Waals surface area (Å²) in [5.74, 6) is 0. The Morgan fingerprint density at radius 3 is 2.80 bits per heavy atom. The number of amides is 2. The molecule has 0 saturated carbocycles. The fourth-order valence-electron chi connectivity index (χ4n) is 1.48. The fourth-order valence-corrected chi connectivity index (χ4v) is 2.20. The van der Waals surface area contributed by atoms with Gasteiger partial charge >= 0.3 is 6.03 Å². The van der Waals surface area contributed by atoms with Crippen molar-refractivity contribution in [2.45, 2.75) is 6.54 Å². The summed E-state index contributed by atoms with van der Waals surface area (Å²) in [6.07, 6.45) is 3.06. The molecule has 1 heterocycles. The molecule has 2 amide bonds. The molecule has 2 rings (SSSR count). The van der Waals surface area contributed by atoms with E-state index in [1.54, 1.807) is 6.07 Å². The molecule has 20 heavy (non-hydrogen) atoms. The monoisotopic (exact) mass is 387 g/mol. The lowest BCUT2D eigenvalue weighted by Gasteiger charge is -2.07. The largest absolute Gasteiger partial charge is 0.472 e. The minimum Gasteiger partial charge on any atom is -0.472 e. The Bertz CT molecular complexity index is 628. The Morgan fingerprint density at radius 2 is 2.20 bits per heavy atom. The highest BCUT2D eigenvalue weighted by Gasteiger charge is 2.12. The second-order valence-electron chi connectivity index (χ2n) is 3.86. The van der Waals surface area contributed by atoms with Gasteiger partial charge in [-0.15, -0.1) is 0 Å². The number of carbonyl (C=O) groups is 1. The highest BCUT2D eigenvalue weighted by Crippen LogP contribution is 2.23. The maximum atomic E-state index is 11.6. The van der Waals surface area contributed by atoms with Crippen molar-refractivity contribution >= 4 is 40.0 Å². The zero-order valence-electron chi connectivity index (χ0n) is 10.1. The second-order valence-corrected chi connectivity index (χ2v) is 5.02.